The van der Waals surface area contributed by atoms with Crippen LogP contribution in [0.3, 0.4) is 0 Å². The van der Waals surface area contributed by atoms with Crippen molar-refractivity contribution in [1.29, 1.82) is 0 Å². The number of carbonyl (C=O) groups excluding carboxylic acids is 1. The van der Waals surface area contributed by atoms with Crippen LogP contribution in [0.2, 0.25) is 0 Å². The quantitative estimate of drug-likeness (QED) is 0.219. The molecule has 0 saturated carbocycles. The Kier molecular flexibility index (Phi) is 6.25. The van der Waals surface area contributed by atoms with Gasteiger partial charge in [0.2, 0.25) is 5.95 Å². The normalized spacial score (nSPS) is 11.7. The van der Waals surface area contributed by atoms with Crippen molar-refractivity contribution in [2.24, 2.45) is 0 Å². The first-order valence-electron chi connectivity index (χ1n) is 12.4. The number of nitrogens with two attached hydrogens (primary N) is 1. The van der Waals surface area contributed by atoms with Crippen LogP contribution in [0.4, 0.5) is 30.6 Å². The molecule has 5 N–H and O–H groups in total. The fourth-order valence-corrected chi connectivity index (χ4v) is 4.47. The van der Waals surface area contributed by atoms with Crippen molar-refractivity contribution in [3.8, 4) is 22.4 Å². The highest BCUT2D eigenvalue weighted by molar-refractivity contribution is 6.07. The Labute approximate surface area is 230 Å². The van der Waals surface area contributed by atoms with E-state index in [9.17, 15) is 18.0 Å². The lowest BCUT2D eigenvalue weighted by Crippen LogP contribution is -2.33. The van der Waals surface area contributed by atoms with Gasteiger partial charge in [0, 0.05) is 23.0 Å². The van der Waals surface area contributed by atoms with E-state index in [0.717, 1.165) is 16.8 Å². The number of fused-ring (bicyclic) bond motifs is 2. The van der Waals surface area contributed by atoms with E-state index in [-0.39, 0.29) is 11.4 Å². The van der Waals surface area contributed by atoms with Gasteiger partial charge in [-0.1, -0.05) is 42.0 Å². The number of aryl methyl sites for hydroxylation is 1. The van der Waals surface area contributed by atoms with Crippen molar-refractivity contribution in [2.45, 2.75) is 13.1 Å². The number of halogens is 3. The van der Waals surface area contributed by atoms with Gasteiger partial charge in [0.1, 0.15) is 23.9 Å². The van der Waals surface area contributed by atoms with E-state index in [1.165, 1.54) is 17.0 Å². The summed E-state index contributed by atoms with van der Waals surface area (Å²) in [5, 5.41) is 9.15. The van der Waals surface area contributed by atoms with Crippen LogP contribution < -0.4 is 16.4 Å². The molecule has 0 aliphatic carbocycles. The zero-order valence-corrected chi connectivity index (χ0v) is 21.5. The van der Waals surface area contributed by atoms with Gasteiger partial charge >= 0.3 is 6.18 Å². The third-order valence-electron chi connectivity index (χ3n) is 6.42. The van der Waals surface area contributed by atoms with E-state index in [4.69, 9.17) is 5.73 Å². The Bertz CT molecular complexity index is 1890. The first-order chi connectivity index (χ1) is 19.6. The largest absolute Gasteiger partial charge is 0.405 e. The minimum atomic E-state index is -4.56. The van der Waals surface area contributed by atoms with Crippen LogP contribution in [-0.2, 0) is 0 Å². The maximum Gasteiger partial charge on any atom is 0.405 e. The van der Waals surface area contributed by atoms with Gasteiger partial charge in [0.25, 0.3) is 5.91 Å². The molecular formula is C28H22F3N9O. The van der Waals surface area contributed by atoms with Crippen LogP contribution in [0, 0.1) is 6.92 Å². The molecule has 0 unspecified atom stereocenters. The summed E-state index contributed by atoms with van der Waals surface area (Å²) in [5.74, 6) is -0.364. The van der Waals surface area contributed by atoms with Crippen molar-refractivity contribution < 1.29 is 18.0 Å². The van der Waals surface area contributed by atoms with Crippen LogP contribution in [0.15, 0.2) is 73.2 Å². The number of nitrogens with zero attached hydrogens (tertiary/aromatic N) is 5. The highest BCUT2D eigenvalue weighted by Crippen LogP contribution is 2.33. The topological polar surface area (TPSA) is 139 Å². The molecule has 1 amide bonds. The van der Waals surface area contributed by atoms with Gasteiger partial charge in [-0.25, -0.2) is 19.5 Å². The molecule has 0 aliphatic rings. The molecule has 10 nitrogen and oxygen atoms in total. The number of hydrogen-bond acceptors (Lipinski definition) is 7. The predicted molar refractivity (Wildman–Crippen MR) is 149 cm³/mol. The molecule has 0 bridgehead atoms. The molecule has 206 valence electrons. The number of nitrogen functional groups attached to an aromatic ring is 1. The lowest BCUT2D eigenvalue weighted by atomic mass is 10.0. The van der Waals surface area contributed by atoms with Crippen molar-refractivity contribution in [3.63, 3.8) is 0 Å². The molecule has 0 saturated heterocycles. The molecule has 0 fully saturated rings. The lowest BCUT2D eigenvalue weighted by Gasteiger charge is -2.10. The van der Waals surface area contributed by atoms with E-state index in [2.05, 4.69) is 30.4 Å². The van der Waals surface area contributed by atoms with Gasteiger partial charge in [-0.2, -0.15) is 18.3 Å². The van der Waals surface area contributed by atoms with Crippen LogP contribution in [0.1, 0.15) is 15.9 Å². The number of hydrogen-bond donors (Lipinski definition) is 4. The van der Waals surface area contributed by atoms with E-state index in [1.54, 1.807) is 24.3 Å². The highest BCUT2D eigenvalue weighted by atomic mass is 19.4. The van der Waals surface area contributed by atoms with Crippen molar-refractivity contribution in [3.05, 3.63) is 84.3 Å². The summed E-state index contributed by atoms with van der Waals surface area (Å²) in [6.45, 7) is 0.555. The summed E-state index contributed by atoms with van der Waals surface area (Å²) in [6.07, 6.45) is -2.04. The third kappa shape index (κ3) is 5.24. The Morgan fingerprint density at radius 2 is 1.73 bits per heavy atom. The highest BCUT2D eigenvalue weighted by Gasteiger charge is 2.29. The van der Waals surface area contributed by atoms with Crippen LogP contribution in [0.5, 0.6) is 0 Å². The molecular weight excluding hydrogens is 535 g/mol. The average molecular weight is 558 g/mol. The minimum Gasteiger partial charge on any atom is -0.382 e. The molecule has 2 aromatic carbocycles. The maximum atomic E-state index is 12.7. The van der Waals surface area contributed by atoms with Crippen LogP contribution >= 0.6 is 0 Å². The van der Waals surface area contributed by atoms with Gasteiger partial charge < -0.3 is 21.4 Å². The number of pyridine rings is 1. The van der Waals surface area contributed by atoms with E-state index in [0.29, 0.717) is 39.4 Å². The van der Waals surface area contributed by atoms with E-state index in [1.807, 2.05) is 48.6 Å². The molecule has 4 aromatic heterocycles. The zero-order chi connectivity index (χ0) is 28.7. The molecule has 6 rings (SSSR count). The first kappa shape index (κ1) is 25.8. The molecule has 0 aliphatic heterocycles. The number of imidazole rings is 1. The van der Waals surface area contributed by atoms with Crippen molar-refractivity contribution in [1.82, 2.24) is 34.9 Å². The number of carbonyl (C=O) groups is 1. The molecule has 41 heavy (non-hydrogen) atoms. The molecule has 13 heteroatoms. The number of rotatable bonds is 6. The number of H-pyrrole nitrogens is 1. The summed E-state index contributed by atoms with van der Waals surface area (Å²) >= 11 is 0. The Balaban J connectivity index is 1.28. The molecule has 6 aromatic rings. The second-order valence-electron chi connectivity index (χ2n) is 9.37. The number of aromatic nitrogens is 6. The number of nitrogens with one attached hydrogen (secondary N) is 3. The third-order valence-corrected chi connectivity index (χ3v) is 6.42. The summed E-state index contributed by atoms with van der Waals surface area (Å²) in [4.78, 5) is 29.1. The predicted octanol–water partition coefficient (Wildman–Crippen LogP) is 5.26. The summed E-state index contributed by atoms with van der Waals surface area (Å²) in [7, 11) is 0. The number of anilines is 3. The van der Waals surface area contributed by atoms with Gasteiger partial charge in [-0.05, 0) is 36.8 Å². The van der Waals surface area contributed by atoms with Gasteiger partial charge in [0.15, 0.2) is 11.5 Å². The van der Waals surface area contributed by atoms with Crippen LogP contribution in [0.25, 0.3) is 39.1 Å². The van der Waals surface area contributed by atoms with Gasteiger partial charge in [-0.15, -0.1) is 0 Å². The van der Waals surface area contributed by atoms with Gasteiger partial charge in [-0.3, -0.25) is 4.79 Å². The molecule has 0 radical (unpaired) electrons. The molecule has 0 atom stereocenters. The zero-order valence-electron chi connectivity index (χ0n) is 21.5. The number of alkyl halides is 3. The second kappa shape index (κ2) is 9.93. The summed E-state index contributed by atoms with van der Waals surface area (Å²) < 4.78 is 39.6. The fourth-order valence-electron chi connectivity index (χ4n) is 4.47. The number of benzene rings is 2. The van der Waals surface area contributed by atoms with E-state index >= 15 is 0 Å². The van der Waals surface area contributed by atoms with Crippen molar-refractivity contribution in [2.75, 3.05) is 17.6 Å². The average Bonchev–Trinajstić information content (AvgIpc) is 3.54. The number of aromatic amines is 1. The first-order valence-corrected chi connectivity index (χ1v) is 12.4. The monoisotopic (exact) mass is 557 g/mol. The fraction of sp³-hybridized carbons (Fsp3) is 0.107. The van der Waals surface area contributed by atoms with Crippen molar-refractivity contribution >= 4 is 40.0 Å². The number of amides is 1. The smallest absolute Gasteiger partial charge is 0.382 e. The second-order valence-corrected chi connectivity index (χ2v) is 9.37. The van der Waals surface area contributed by atoms with E-state index < -0.39 is 18.6 Å². The Morgan fingerprint density at radius 1 is 1.00 bits per heavy atom. The Morgan fingerprint density at radius 3 is 2.46 bits per heavy atom. The lowest BCUT2D eigenvalue weighted by molar-refractivity contribution is -0.123. The van der Waals surface area contributed by atoms with Gasteiger partial charge in [0.05, 0.1) is 11.3 Å². The SMILES string of the molecule is Cc1ccc(-c2ccc3nc(Nc4ccc(-c5c(C(=O)NCC(F)(F)F)cn6ncnc(N)c56)cc4)[nH]c3n2)cc1. The summed E-state index contributed by atoms with van der Waals surface area (Å²) in [5.41, 5.74) is 12.1. The standard InChI is InChI=1S/C28H22F3N9O/c1-15-2-4-16(5-3-15)20-10-11-21-25(37-20)39-27(38-21)36-18-8-6-17(7-9-18)22-19(26(41)33-13-28(29,30)31)12-40-23(22)24(32)34-14-35-40/h2-12,14H,13H2,1H3,(H,33,41)(H2,32,34,35)(H2,36,37,38,39). The maximum absolute atomic E-state index is 12.7. The van der Waals surface area contributed by atoms with Crippen LogP contribution in [-0.4, -0.2) is 48.2 Å². The minimum absolute atomic E-state index is 0.0186. The summed E-state index contributed by atoms with van der Waals surface area (Å²) in [6, 6.07) is 18.8. The Hall–Kier alpha value is -5.46. The molecule has 4 heterocycles. The molecule has 0 spiro atoms.